The molecular formula is C13H14BrN3O2S. The van der Waals surface area contributed by atoms with Gasteiger partial charge in [-0.1, -0.05) is 40.7 Å². The second-order valence-corrected chi connectivity index (χ2v) is 5.86. The van der Waals surface area contributed by atoms with E-state index in [9.17, 15) is 4.79 Å². The van der Waals surface area contributed by atoms with Crippen molar-refractivity contribution in [1.29, 1.82) is 0 Å². The van der Waals surface area contributed by atoms with Crippen molar-refractivity contribution in [2.24, 2.45) is 0 Å². The van der Waals surface area contributed by atoms with Crippen LogP contribution in [0.15, 0.2) is 38.4 Å². The summed E-state index contributed by atoms with van der Waals surface area (Å²) in [4.78, 5) is 11.5. The summed E-state index contributed by atoms with van der Waals surface area (Å²) in [6, 6.07) is 7.61. The summed E-state index contributed by atoms with van der Waals surface area (Å²) in [6.45, 7) is 2.70. The zero-order valence-electron chi connectivity index (χ0n) is 10.9. The Labute approximate surface area is 129 Å². The summed E-state index contributed by atoms with van der Waals surface area (Å²) in [5.41, 5.74) is 0.842. The van der Waals surface area contributed by atoms with Crippen molar-refractivity contribution < 1.29 is 9.21 Å². The Morgan fingerprint density at radius 3 is 3.05 bits per heavy atom. The van der Waals surface area contributed by atoms with Crippen LogP contribution in [0.25, 0.3) is 11.5 Å². The van der Waals surface area contributed by atoms with E-state index in [0.29, 0.717) is 17.7 Å². The summed E-state index contributed by atoms with van der Waals surface area (Å²) in [6.07, 6.45) is 0.921. The number of hydrogen-bond acceptors (Lipinski definition) is 5. The van der Waals surface area contributed by atoms with E-state index in [-0.39, 0.29) is 11.7 Å². The molecule has 2 rings (SSSR count). The molecule has 20 heavy (non-hydrogen) atoms. The summed E-state index contributed by atoms with van der Waals surface area (Å²) in [5.74, 6) is 0.696. The van der Waals surface area contributed by atoms with Crippen LogP contribution in [0.5, 0.6) is 0 Å². The lowest BCUT2D eigenvalue weighted by atomic mass is 10.2. The minimum atomic E-state index is -0.0287. The lowest BCUT2D eigenvalue weighted by Crippen LogP contribution is -2.25. The van der Waals surface area contributed by atoms with E-state index in [0.717, 1.165) is 16.5 Å². The highest BCUT2D eigenvalue weighted by atomic mass is 79.9. The van der Waals surface area contributed by atoms with Gasteiger partial charge in [0.2, 0.25) is 11.8 Å². The van der Waals surface area contributed by atoms with Crippen LogP contribution < -0.4 is 5.32 Å². The number of rotatable bonds is 6. The lowest BCUT2D eigenvalue weighted by Gasteiger charge is -2.00. The fraction of sp³-hybridized carbons (Fsp3) is 0.308. The van der Waals surface area contributed by atoms with E-state index in [4.69, 9.17) is 4.42 Å². The normalized spacial score (nSPS) is 10.5. The minimum Gasteiger partial charge on any atom is -0.411 e. The highest BCUT2D eigenvalue weighted by molar-refractivity contribution is 9.10. The van der Waals surface area contributed by atoms with Gasteiger partial charge in [0.05, 0.1) is 5.75 Å². The van der Waals surface area contributed by atoms with Gasteiger partial charge >= 0.3 is 0 Å². The number of halogens is 1. The van der Waals surface area contributed by atoms with Crippen molar-refractivity contribution in [2.75, 3.05) is 12.3 Å². The van der Waals surface area contributed by atoms with Gasteiger partial charge in [0, 0.05) is 16.6 Å². The maximum atomic E-state index is 11.5. The fourth-order valence-electron chi connectivity index (χ4n) is 1.45. The minimum absolute atomic E-state index is 0.0287. The summed E-state index contributed by atoms with van der Waals surface area (Å²) in [5, 5.41) is 11.1. The molecule has 0 radical (unpaired) electrons. The van der Waals surface area contributed by atoms with Crippen molar-refractivity contribution >= 4 is 33.6 Å². The third-order valence-electron chi connectivity index (χ3n) is 2.38. The Kier molecular flexibility index (Phi) is 5.60. The van der Waals surface area contributed by atoms with Gasteiger partial charge in [-0.2, -0.15) is 0 Å². The number of benzene rings is 1. The number of thioether (sulfide) groups is 1. The van der Waals surface area contributed by atoms with Crippen molar-refractivity contribution in [3.05, 3.63) is 28.7 Å². The van der Waals surface area contributed by atoms with Crippen LogP contribution >= 0.6 is 27.7 Å². The third kappa shape index (κ3) is 4.35. The highest BCUT2D eigenvalue weighted by Gasteiger charge is 2.11. The van der Waals surface area contributed by atoms with E-state index >= 15 is 0 Å². The molecule has 0 aliphatic heterocycles. The molecule has 0 bridgehead atoms. The second kappa shape index (κ2) is 7.44. The van der Waals surface area contributed by atoms with Crippen LogP contribution in [0.4, 0.5) is 0 Å². The van der Waals surface area contributed by atoms with Crippen LogP contribution in [0.2, 0.25) is 0 Å². The average molecular weight is 356 g/mol. The van der Waals surface area contributed by atoms with Gasteiger partial charge in [0.15, 0.2) is 0 Å². The van der Waals surface area contributed by atoms with E-state index in [1.165, 1.54) is 11.8 Å². The van der Waals surface area contributed by atoms with Crippen molar-refractivity contribution in [3.8, 4) is 11.5 Å². The number of nitrogens with zero attached hydrogens (tertiary/aromatic N) is 2. The first-order valence-corrected chi connectivity index (χ1v) is 7.96. The first kappa shape index (κ1) is 15.1. The standard InChI is InChI=1S/C13H14BrN3O2S/c1-2-6-15-11(18)8-20-13-17-16-12(19-13)9-4-3-5-10(14)7-9/h3-5,7H,2,6,8H2,1H3,(H,15,18). The molecule has 0 aliphatic carbocycles. The van der Waals surface area contributed by atoms with Gasteiger partial charge in [-0.3, -0.25) is 4.79 Å². The lowest BCUT2D eigenvalue weighted by molar-refractivity contribution is -0.118. The summed E-state index contributed by atoms with van der Waals surface area (Å²) < 4.78 is 6.47. The fourth-order valence-corrected chi connectivity index (χ4v) is 2.44. The Morgan fingerprint density at radius 1 is 1.45 bits per heavy atom. The number of aromatic nitrogens is 2. The quantitative estimate of drug-likeness (QED) is 0.806. The maximum Gasteiger partial charge on any atom is 0.277 e. The molecule has 106 valence electrons. The van der Waals surface area contributed by atoms with Gasteiger partial charge in [-0.15, -0.1) is 10.2 Å². The van der Waals surface area contributed by atoms with Crippen LogP contribution in [-0.4, -0.2) is 28.4 Å². The second-order valence-electron chi connectivity index (χ2n) is 4.02. The predicted molar refractivity (Wildman–Crippen MR) is 81.5 cm³/mol. The smallest absolute Gasteiger partial charge is 0.277 e. The molecule has 0 saturated heterocycles. The van der Waals surface area contributed by atoms with Gasteiger partial charge in [-0.25, -0.2) is 0 Å². The first-order chi connectivity index (χ1) is 9.69. The molecule has 0 unspecified atom stereocenters. The molecule has 5 nitrogen and oxygen atoms in total. The van der Waals surface area contributed by atoms with Gasteiger partial charge in [0.25, 0.3) is 5.22 Å². The van der Waals surface area contributed by atoms with Crippen LogP contribution in [-0.2, 0) is 4.79 Å². The van der Waals surface area contributed by atoms with E-state index in [1.54, 1.807) is 0 Å². The summed E-state index contributed by atoms with van der Waals surface area (Å²) in [7, 11) is 0. The summed E-state index contributed by atoms with van der Waals surface area (Å²) >= 11 is 4.63. The molecule has 7 heteroatoms. The molecule has 1 amide bonds. The SMILES string of the molecule is CCCNC(=O)CSc1nnc(-c2cccc(Br)c2)o1. The molecule has 0 spiro atoms. The number of carbonyl (C=O) groups is 1. The molecule has 1 aromatic carbocycles. The first-order valence-electron chi connectivity index (χ1n) is 6.18. The zero-order valence-corrected chi connectivity index (χ0v) is 13.3. The van der Waals surface area contributed by atoms with Crippen LogP contribution in [0, 0.1) is 0 Å². The molecule has 0 aliphatic rings. The zero-order chi connectivity index (χ0) is 14.4. The molecule has 2 aromatic rings. The molecule has 1 N–H and O–H groups in total. The van der Waals surface area contributed by atoms with Gasteiger partial charge < -0.3 is 9.73 Å². The molecule has 0 atom stereocenters. The Morgan fingerprint density at radius 2 is 2.30 bits per heavy atom. The topological polar surface area (TPSA) is 68.0 Å². The molecule has 0 fully saturated rings. The Hall–Kier alpha value is -1.34. The molecule has 0 saturated carbocycles. The third-order valence-corrected chi connectivity index (χ3v) is 3.69. The Bertz CT molecular complexity index is 589. The van der Waals surface area contributed by atoms with E-state index in [2.05, 4.69) is 31.4 Å². The van der Waals surface area contributed by atoms with Gasteiger partial charge in [-0.05, 0) is 24.6 Å². The number of hydrogen-bond donors (Lipinski definition) is 1. The highest BCUT2D eigenvalue weighted by Crippen LogP contribution is 2.25. The largest absolute Gasteiger partial charge is 0.411 e. The number of nitrogens with one attached hydrogen (secondary N) is 1. The molecular weight excluding hydrogens is 342 g/mol. The average Bonchev–Trinajstić information content (AvgIpc) is 2.92. The molecule has 1 aromatic heterocycles. The van der Waals surface area contributed by atoms with E-state index < -0.39 is 0 Å². The predicted octanol–water partition coefficient (Wildman–Crippen LogP) is 3.12. The van der Waals surface area contributed by atoms with Crippen LogP contribution in [0.3, 0.4) is 0 Å². The van der Waals surface area contributed by atoms with Crippen molar-refractivity contribution in [2.45, 2.75) is 18.6 Å². The number of amides is 1. The monoisotopic (exact) mass is 355 g/mol. The van der Waals surface area contributed by atoms with Gasteiger partial charge in [0.1, 0.15) is 0 Å². The molecule has 1 heterocycles. The van der Waals surface area contributed by atoms with Crippen LogP contribution in [0.1, 0.15) is 13.3 Å². The number of carbonyl (C=O) groups excluding carboxylic acids is 1. The maximum absolute atomic E-state index is 11.5. The van der Waals surface area contributed by atoms with E-state index in [1.807, 2.05) is 31.2 Å². The Balaban J connectivity index is 1.94. The van der Waals surface area contributed by atoms with Crippen molar-refractivity contribution in [1.82, 2.24) is 15.5 Å². The van der Waals surface area contributed by atoms with Crippen molar-refractivity contribution in [3.63, 3.8) is 0 Å².